The van der Waals surface area contributed by atoms with Crippen LogP contribution in [-0.2, 0) is 16.2 Å². The predicted molar refractivity (Wildman–Crippen MR) is 133 cm³/mol. The molecule has 2 aromatic carbocycles. The van der Waals surface area contributed by atoms with Gasteiger partial charge in [0.05, 0.1) is 0 Å². The van der Waals surface area contributed by atoms with Gasteiger partial charge in [-0.1, -0.05) is 58.0 Å². The van der Waals surface area contributed by atoms with E-state index >= 15 is 0 Å². The van der Waals surface area contributed by atoms with Crippen LogP contribution in [0.1, 0.15) is 70.4 Å². The fourth-order valence-electron chi connectivity index (χ4n) is 5.79. The summed E-state index contributed by atoms with van der Waals surface area (Å²) in [6.45, 7) is 8.73. The smallest absolute Gasteiger partial charge is 0.162 e. The lowest BCUT2D eigenvalue weighted by Crippen LogP contribution is -2.42. The van der Waals surface area contributed by atoms with Crippen molar-refractivity contribution in [3.05, 3.63) is 88.0 Å². The van der Waals surface area contributed by atoms with Crippen molar-refractivity contribution in [2.45, 2.75) is 65.9 Å². The van der Waals surface area contributed by atoms with Crippen LogP contribution in [0.4, 0.5) is 4.39 Å². The lowest BCUT2D eigenvalue weighted by atomic mass is 9.64. The van der Waals surface area contributed by atoms with Crippen LogP contribution in [0.2, 0.25) is 0 Å². The van der Waals surface area contributed by atoms with Crippen molar-refractivity contribution in [2.24, 2.45) is 10.8 Å². The van der Waals surface area contributed by atoms with Gasteiger partial charge in [0.1, 0.15) is 18.2 Å². The van der Waals surface area contributed by atoms with Gasteiger partial charge in [-0.05, 0) is 47.4 Å². The molecule has 3 aliphatic rings. The molecule has 0 saturated carbocycles. The molecule has 0 radical (unpaired) electrons. The average molecular weight is 474 g/mol. The third-order valence-electron chi connectivity index (χ3n) is 7.26. The number of allylic oxidation sites excluding steroid dienone is 4. The summed E-state index contributed by atoms with van der Waals surface area (Å²) in [7, 11) is 0. The minimum atomic E-state index is -0.446. The van der Waals surface area contributed by atoms with E-state index in [1.165, 1.54) is 12.1 Å². The number of ketones is 2. The van der Waals surface area contributed by atoms with Gasteiger partial charge in [0.15, 0.2) is 11.6 Å². The average Bonchev–Trinajstić information content (AvgIpc) is 2.76. The molecule has 1 heterocycles. The zero-order chi connectivity index (χ0) is 25.0. The Bertz CT molecular complexity index is 1210. The molecule has 1 N–H and O–H groups in total. The Kier molecular flexibility index (Phi) is 5.70. The number of ether oxygens (including phenoxy) is 1. The standard InChI is InChI=1S/C30H32FNO3/c1-29(2)13-21-27(23(33)15-29)26(28-22(32-21)14-30(3,4)16-24(28)34)20-7-5-6-8-25(20)35-17-18-9-11-19(31)12-10-18/h5-12,26,32H,13-17H2,1-4H3. The number of hydrogen-bond donors (Lipinski definition) is 1. The maximum absolute atomic E-state index is 13.6. The van der Waals surface area contributed by atoms with Crippen LogP contribution >= 0.6 is 0 Å². The number of Topliss-reactive ketones (excluding diaryl/α,β-unsaturated/α-hetero) is 2. The summed E-state index contributed by atoms with van der Waals surface area (Å²) >= 11 is 0. The molecule has 35 heavy (non-hydrogen) atoms. The molecule has 2 aliphatic carbocycles. The second-order valence-corrected chi connectivity index (χ2v) is 11.7. The van der Waals surface area contributed by atoms with E-state index in [1.54, 1.807) is 12.1 Å². The summed E-state index contributed by atoms with van der Waals surface area (Å²) in [6.07, 6.45) is 2.42. The SMILES string of the molecule is CC1(C)CC(=O)C2=C(C1)NC1=C(C(=O)CC(C)(C)C1)C2c1ccccc1OCc1ccc(F)cc1. The highest BCUT2D eigenvalue weighted by Gasteiger charge is 2.47. The van der Waals surface area contributed by atoms with E-state index in [0.717, 1.165) is 35.4 Å². The number of nitrogens with one attached hydrogen (secondary N) is 1. The largest absolute Gasteiger partial charge is 0.489 e. The van der Waals surface area contributed by atoms with Crippen LogP contribution in [0.3, 0.4) is 0 Å². The summed E-state index contributed by atoms with van der Waals surface area (Å²) in [5.41, 5.74) is 4.68. The molecule has 0 bridgehead atoms. The maximum Gasteiger partial charge on any atom is 0.162 e. The van der Waals surface area contributed by atoms with Gasteiger partial charge >= 0.3 is 0 Å². The zero-order valence-electron chi connectivity index (χ0n) is 20.8. The third kappa shape index (κ3) is 4.56. The number of para-hydroxylation sites is 1. The van der Waals surface area contributed by atoms with E-state index < -0.39 is 5.92 Å². The van der Waals surface area contributed by atoms with Crippen molar-refractivity contribution in [3.63, 3.8) is 0 Å². The van der Waals surface area contributed by atoms with E-state index in [0.29, 0.717) is 29.7 Å². The van der Waals surface area contributed by atoms with Crippen molar-refractivity contribution in [3.8, 4) is 5.75 Å². The molecule has 182 valence electrons. The van der Waals surface area contributed by atoms with Crippen molar-refractivity contribution in [1.29, 1.82) is 0 Å². The number of benzene rings is 2. The summed E-state index contributed by atoms with van der Waals surface area (Å²) in [6, 6.07) is 13.9. The summed E-state index contributed by atoms with van der Waals surface area (Å²) in [5.74, 6) is 0.0772. The highest BCUT2D eigenvalue weighted by atomic mass is 19.1. The maximum atomic E-state index is 13.6. The molecule has 5 heteroatoms. The predicted octanol–water partition coefficient (Wildman–Crippen LogP) is 6.38. The van der Waals surface area contributed by atoms with Crippen molar-refractivity contribution >= 4 is 11.6 Å². The lowest BCUT2D eigenvalue weighted by Gasteiger charge is -2.44. The van der Waals surface area contributed by atoms with Gasteiger partial charge in [0.25, 0.3) is 0 Å². The van der Waals surface area contributed by atoms with Gasteiger partial charge in [-0.25, -0.2) is 4.39 Å². The number of rotatable bonds is 4. The zero-order valence-corrected chi connectivity index (χ0v) is 20.8. The van der Waals surface area contributed by atoms with E-state index in [2.05, 4.69) is 33.0 Å². The lowest BCUT2D eigenvalue weighted by molar-refractivity contribution is -0.119. The first kappa shape index (κ1) is 23.5. The second-order valence-electron chi connectivity index (χ2n) is 11.7. The molecule has 2 aromatic rings. The fourth-order valence-corrected chi connectivity index (χ4v) is 5.79. The van der Waals surface area contributed by atoms with E-state index in [1.807, 2.05) is 24.3 Å². The number of dihydropyridines is 1. The molecule has 0 saturated heterocycles. The van der Waals surface area contributed by atoms with Crippen LogP contribution in [0.5, 0.6) is 5.75 Å². The molecule has 0 atom stereocenters. The minimum absolute atomic E-state index is 0.0891. The second kappa shape index (κ2) is 8.47. The van der Waals surface area contributed by atoms with Crippen molar-refractivity contribution < 1.29 is 18.7 Å². The highest BCUT2D eigenvalue weighted by molar-refractivity contribution is 6.07. The molecule has 0 amide bonds. The van der Waals surface area contributed by atoms with Crippen LogP contribution in [0.25, 0.3) is 0 Å². The Morgan fingerprint density at radius 2 is 1.37 bits per heavy atom. The van der Waals surface area contributed by atoms with Gasteiger partial charge in [0.2, 0.25) is 0 Å². The van der Waals surface area contributed by atoms with E-state index in [4.69, 9.17) is 4.74 Å². The first-order valence-electron chi connectivity index (χ1n) is 12.3. The van der Waals surface area contributed by atoms with Gasteiger partial charge in [0, 0.05) is 46.9 Å². The molecule has 4 nitrogen and oxygen atoms in total. The molecule has 0 aromatic heterocycles. The fraction of sp³-hybridized carbons (Fsp3) is 0.400. The first-order valence-corrected chi connectivity index (χ1v) is 12.3. The summed E-state index contributed by atoms with van der Waals surface area (Å²) < 4.78 is 19.6. The Balaban J connectivity index is 1.60. The monoisotopic (exact) mass is 473 g/mol. The summed E-state index contributed by atoms with van der Waals surface area (Å²) in [4.78, 5) is 27.1. The Morgan fingerprint density at radius 3 is 1.94 bits per heavy atom. The van der Waals surface area contributed by atoms with Crippen molar-refractivity contribution in [2.75, 3.05) is 0 Å². The molecule has 0 unspecified atom stereocenters. The third-order valence-corrected chi connectivity index (χ3v) is 7.26. The molecule has 5 rings (SSSR count). The topological polar surface area (TPSA) is 55.4 Å². The van der Waals surface area contributed by atoms with Crippen molar-refractivity contribution in [1.82, 2.24) is 5.32 Å². The molecular formula is C30H32FNO3. The first-order chi connectivity index (χ1) is 16.5. The van der Waals surface area contributed by atoms with Gasteiger partial charge < -0.3 is 10.1 Å². The van der Waals surface area contributed by atoms with E-state index in [9.17, 15) is 14.0 Å². The number of halogens is 1. The van der Waals surface area contributed by atoms with E-state index in [-0.39, 0.29) is 34.8 Å². The Hall–Kier alpha value is -3.21. The highest BCUT2D eigenvalue weighted by Crippen LogP contribution is 2.52. The van der Waals surface area contributed by atoms with Gasteiger partial charge in [-0.3, -0.25) is 9.59 Å². The summed E-state index contributed by atoms with van der Waals surface area (Å²) in [5, 5.41) is 3.55. The Morgan fingerprint density at radius 1 is 0.829 bits per heavy atom. The van der Waals surface area contributed by atoms with Gasteiger partial charge in [-0.15, -0.1) is 0 Å². The number of hydrogen-bond acceptors (Lipinski definition) is 4. The molecular weight excluding hydrogens is 441 g/mol. The van der Waals surface area contributed by atoms with Gasteiger partial charge in [-0.2, -0.15) is 0 Å². The van der Waals surface area contributed by atoms with Crippen LogP contribution in [0, 0.1) is 16.6 Å². The molecule has 0 spiro atoms. The quantitative estimate of drug-likeness (QED) is 0.560. The molecule has 1 aliphatic heterocycles. The Labute approximate surface area is 206 Å². The number of carbonyl (C=O) groups is 2. The normalized spacial score (nSPS) is 21.4. The number of carbonyl (C=O) groups excluding carboxylic acids is 2. The minimum Gasteiger partial charge on any atom is -0.489 e. The van der Waals surface area contributed by atoms with Crippen LogP contribution in [-0.4, -0.2) is 11.6 Å². The van der Waals surface area contributed by atoms with Crippen LogP contribution < -0.4 is 10.1 Å². The molecule has 0 fully saturated rings. The van der Waals surface area contributed by atoms with Crippen LogP contribution in [0.15, 0.2) is 71.1 Å².